The number of para-hydroxylation sites is 5. The van der Waals surface area contributed by atoms with Crippen LogP contribution in [0.2, 0.25) is 0 Å². The van der Waals surface area contributed by atoms with E-state index in [-0.39, 0.29) is 45.0 Å². The standard InChI is InChI=1S/C33H32N4O8.C8H5NO3.C5H12O4/c34-25-13-5-1-9-21(25)29(38)42-17-33(18-43-30(39)22-10-2-6-14-26(22)35,19-44-31(40)23-11-3-7-15-27(23)36)20-45-32(41)24-12-4-8-16-28(24)37;10-7-5-3-1-2-4-6(5)9-8(11)12-7;6-1-5(2-7,3-8)4-9/h1-16H,17-20,34-37H2;1-4H,(H,9,11);6-9H,1-4H2. The van der Waals surface area contributed by atoms with Gasteiger partial charge in [0.15, 0.2) is 0 Å². The highest BCUT2D eigenvalue weighted by Crippen LogP contribution is 2.26. The number of aromatic nitrogens is 1. The zero-order valence-electron chi connectivity index (χ0n) is 35.3. The third kappa shape index (κ3) is 13.7. The molecule has 0 fully saturated rings. The Bertz CT molecular complexity index is 2450. The van der Waals surface area contributed by atoms with Gasteiger partial charge in [-0.3, -0.25) is 4.98 Å². The first-order valence-corrected chi connectivity index (χ1v) is 19.7. The van der Waals surface area contributed by atoms with E-state index in [4.69, 9.17) is 62.3 Å². The summed E-state index contributed by atoms with van der Waals surface area (Å²) in [6, 6.07) is 31.6. The van der Waals surface area contributed by atoms with Gasteiger partial charge in [0.2, 0.25) is 0 Å². The predicted molar refractivity (Wildman–Crippen MR) is 241 cm³/mol. The fourth-order valence-corrected chi connectivity index (χ4v) is 5.51. The van der Waals surface area contributed by atoms with Crippen LogP contribution in [0.15, 0.2) is 135 Å². The Morgan fingerprint density at radius 2 is 0.742 bits per heavy atom. The molecule has 0 atom stereocenters. The predicted octanol–water partition coefficient (Wildman–Crippen LogP) is 2.15. The number of anilines is 4. The molecule has 0 amide bonds. The summed E-state index contributed by atoms with van der Waals surface area (Å²) in [7, 11) is 0. The molecule has 0 unspecified atom stereocenters. The zero-order chi connectivity index (χ0) is 48.3. The number of esters is 4. The van der Waals surface area contributed by atoms with Crippen molar-refractivity contribution in [2.75, 3.05) is 75.8 Å². The summed E-state index contributed by atoms with van der Waals surface area (Å²) >= 11 is 0. The summed E-state index contributed by atoms with van der Waals surface area (Å²) in [4.78, 5) is 76.3. The number of nitrogens with two attached hydrogens (primary N) is 4. The van der Waals surface area contributed by atoms with Gasteiger partial charge in [0.1, 0.15) is 31.8 Å². The molecular formula is C46H49N5O15. The summed E-state index contributed by atoms with van der Waals surface area (Å²) in [5.41, 5.74) is 21.9. The van der Waals surface area contributed by atoms with Crippen molar-refractivity contribution >= 4 is 57.5 Å². The van der Waals surface area contributed by atoms with E-state index >= 15 is 0 Å². The third-order valence-corrected chi connectivity index (χ3v) is 9.67. The van der Waals surface area contributed by atoms with Crippen LogP contribution in [0.5, 0.6) is 0 Å². The number of aliphatic hydroxyl groups excluding tert-OH is 4. The van der Waals surface area contributed by atoms with Gasteiger partial charge in [0, 0.05) is 22.7 Å². The lowest BCUT2D eigenvalue weighted by Gasteiger charge is -2.31. The maximum atomic E-state index is 13.0. The van der Waals surface area contributed by atoms with Crippen LogP contribution in [0, 0.1) is 10.8 Å². The first-order valence-electron chi connectivity index (χ1n) is 19.7. The fourth-order valence-electron chi connectivity index (χ4n) is 5.51. The number of nitrogen functional groups attached to an aromatic ring is 4. The number of fused-ring (bicyclic) bond motifs is 1. The molecule has 1 heterocycles. The molecule has 6 aromatic rings. The smallest absolute Gasteiger partial charge is 0.419 e. The number of H-pyrrole nitrogens is 1. The number of hydrogen-bond acceptors (Lipinski definition) is 19. The molecule has 13 N–H and O–H groups in total. The summed E-state index contributed by atoms with van der Waals surface area (Å²) in [5.74, 6) is -3.97. The number of aliphatic hydroxyl groups is 4. The number of rotatable bonds is 16. The van der Waals surface area contributed by atoms with Crippen molar-refractivity contribution in [3.63, 3.8) is 0 Å². The monoisotopic (exact) mass is 911 g/mol. The van der Waals surface area contributed by atoms with Crippen molar-refractivity contribution < 1.29 is 63.0 Å². The lowest BCUT2D eigenvalue weighted by atomic mass is 9.91. The lowest BCUT2D eigenvalue weighted by Crippen LogP contribution is -2.44. The van der Waals surface area contributed by atoms with E-state index in [0.717, 1.165) is 0 Å². The number of ether oxygens (including phenoxy) is 4. The SMILES string of the molecule is Nc1ccccc1C(=O)OCC(COC(=O)c1ccccc1N)(COC(=O)c1ccccc1N)COC(=O)c1ccccc1N.O=c1[nH]c2ccccc2c(=O)o1.OCC(CO)(CO)CO. The Balaban J connectivity index is 0.000000368. The van der Waals surface area contributed by atoms with Crippen molar-refractivity contribution in [2.45, 2.75) is 0 Å². The molecule has 0 spiro atoms. The third-order valence-electron chi connectivity index (χ3n) is 9.67. The van der Waals surface area contributed by atoms with Crippen LogP contribution in [0.1, 0.15) is 41.4 Å². The minimum atomic E-state index is -1.61. The highest BCUT2D eigenvalue weighted by Gasteiger charge is 2.39. The minimum absolute atomic E-state index is 0.0727. The van der Waals surface area contributed by atoms with Gasteiger partial charge in [-0.2, -0.15) is 0 Å². The summed E-state index contributed by atoms with van der Waals surface area (Å²) < 4.78 is 26.7. The zero-order valence-corrected chi connectivity index (χ0v) is 35.3. The first kappa shape index (κ1) is 50.6. The molecule has 348 valence electrons. The van der Waals surface area contributed by atoms with Gasteiger partial charge in [-0.25, -0.2) is 28.8 Å². The van der Waals surface area contributed by atoms with Crippen molar-refractivity contribution in [1.29, 1.82) is 0 Å². The molecular weight excluding hydrogens is 863 g/mol. The maximum absolute atomic E-state index is 13.0. The second-order valence-corrected chi connectivity index (χ2v) is 14.6. The molecule has 0 aliphatic heterocycles. The Labute approximate surface area is 375 Å². The van der Waals surface area contributed by atoms with E-state index in [0.29, 0.717) is 10.9 Å². The number of nitrogens with one attached hydrogen (secondary N) is 1. The molecule has 5 aromatic carbocycles. The molecule has 20 nitrogen and oxygen atoms in total. The van der Waals surface area contributed by atoms with Crippen molar-refractivity contribution in [3.8, 4) is 0 Å². The van der Waals surface area contributed by atoms with Crippen LogP contribution in [0.3, 0.4) is 0 Å². The molecule has 0 bridgehead atoms. The quantitative estimate of drug-likeness (QED) is 0.0381. The highest BCUT2D eigenvalue weighted by atomic mass is 16.6. The van der Waals surface area contributed by atoms with Crippen molar-refractivity contribution in [2.24, 2.45) is 10.8 Å². The van der Waals surface area contributed by atoms with Gasteiger partial charge >= 0.3 is 35.3 Å². The van der Waals surface area contributed by atoms with E-state index < -0.39 is 98.9 Å². The fraction of sp³-hybridized carbons (Fsp3) is 0.217. The highest BCUT2D eigenvalue weighted by molar-refractivity contribution is 5.97. The van der Waals surface area contributed by atoms with E-state index in [1.165, 1.54) is 48.5 Å². The van der Waals surface area contributed by atoms with Crippen LogP contribution >= 0.6 is 0 Å². The Kier molecular flexibility index (Phi) is 18.5. The normalized spacial score (nSPS) is 10.9. The summed E-state index contributed by atoms with van der Waals surface area (Å²) in [6.07, 6.45) is 0. The number of aromatic amines is 1. The first-order chi connectivity index (χ1) is 31.6. The molecule has 0 saturated carbocycles. The molecule has 66 heavy (non-hydrogen) atoms. The molecule has 0 aliphatic rings. The van der Waals surface area contributed by atoms with Gasteiger partial charge in [-0.1, -0.05) is 60.7 Å². The Hall–Kier alpha value is -8.04. The van der Waals surface area contributed by atoms with Crippen molar-refractivity contribution in [3.05, 3.63) is 165 Å². The van der Waals surface area contributed by atoms with Gasteiger partial charge in [0.25, 0.3) is 0 Å². The van der Waals surface area contributed by atoms with E-state index in [2.05, 4.69) is 9.40 Å². The van der Waals surface area contributed by atoms with Crippen LogP contribution in [0.25, 0.3) is 10.9 Å². The van der Waals surface area contributed by atoms with Gasteiger partial charge in [-0.05, 0) is 60.7 Å². The van der Waals surface area contributed by atoms with Crippen molar-refractivity contribution in [1.82, 2.24) is 4.98 Å². The molecule has 6 rings (SSSR count). The van der Waals surface area contributed by atoms with Crippen LogP contribution in [-0.4, -0.2) is 102 Å². The molecule has 20 heteroatoms. The topological polar surface area (TPSA) is 353 Å². The average Bonchev–Trinajstić information content (AvgIpc) is 3.32. The van der Waals surface area contributed by atoms with E-state index in [1.807, 2.05) is 0 Å². The van der Waals surface area contributed by atoms with Gasteiger partial charge in [0.05, 0.1) is 65.0 Å². The van der Waals surface area contributed by atoms with Crippen LogP contribution in [-0.2, 0) is 18.9 Å². The number of carbonyl (C=O) groups is 4. The maximum Gasteiger partial charge on any atom is 0.419 e. The lowest BCUT2D eigenvalue weighted by molar-refractivity contribution is -0.0641. The molecule has 0 radical (unpaired) electrons. The number of carbonyl (C=O) groups excluding carboxylic acids is 4. The summed E-state index contributed by atoms with van der Waals surface area (Å²) in [6.45, 7) is -3.76. The number of hydrogen-bond donors (Lipinski definition) is 9. The van der Waals surface area contributed by atoms with Crippen LogP contribution in [0.4, 0.5) is 22.7 Å². The second-order valence-electron chi connectivity index (χ2n) is 14.6. The van der Waals surface area contributed by atoms with E-state index in [9.17, 15) is 28.8 Å². The largest absolute Gasteiger partial charge is 0.461 e. The Morgan fingerprint density at radius 3 is 1.03 bits per heavy atom. The van der Waals surface area contributed by atoms with Crippen LogP contribution < -0.4 is 34.3 Å². The molecule has 1 aromatic heterocycles. The average molecular weight is 912 g/mol. The molecule has 0 aliphatic carbocycles. The second kappa shape index (κ2) is 24.1. The van der Waals surface area contributed by atoms with Gasteiger partial charge in [-0.15, -0.1) is 0 Å². The summed E-state index contributed by atoms with van der Waals surface area (Å²) in [5, 5.41) is 34.4. The van der Waals surface area contributed by atoms with E-state index in [1.54, 1.807) is 72.8 Å². The molecule has 0 saturated heterocycles. The minimum Gasteiger partial charge on any atom is -0.461 e. The number of benzene rings is 5. The Morgan fingerprint density at radius 1 is 0.455 bits per heavy atom. The van der Waals surface area contributed by atoms with Gasteiger partial charge < -0.3 is 66.7 Å².